The third-order valence-corrected chi connectivity index (χ3v) is 2.59. The number of alkyl carbamates (subject to hydrolysis) is 1. The summed E-state index contributed by atoms with van der Waals surface area (Å²) in [6, 6.07) is 19.0. The van der Waals surface area contributed by atoms with Crippen LogP contribution in [-0.4, -0.2) is 6.09 Å². The summed E-state index contributed by atoms with van der Waals surface area (Å²) in [4.78, 5) is 11.6. The number of rotatable bonds is 4. The maximum atomic E-state index is 11.6. The molecule has 0 saturated carbocycles. The average Bonchev–Trinajstić information content (AvgIpc) is 2.47. The van der Waals surface area contributed by atoms with Crippen molar-refractivity contribution in [2.24, 2.45) is 0 Å². The zero-order valence-electron chi connectivity index (χ0n) is 10.5. The zero-order chi connectivity index (χ0) is 13.5. The summed E-state index contributed by atoms with van der Waals surface area (Å²) >= 11 is 0. The van der Waals surface area contributed by atoms with Gasteiger partial charge in [-0.25, -0.2) is 4.79 Å². The van der Waals surface area contributed by atoms with Crippen molar-refractivity contribution in [3.05, 3.63) is 78.4 Å². The van der Waals surface area contributed by atoms with Gasteiger partial charge >= 0.3 is 6.09 Å². The van der Waals surface area contributed by atoms with Crippen LogP contribution in [0.3, 0.4) is 0 Å². The molecule has 0 aliphatic carbocycles. The molecule has 0 aromatic heterocycles. The number of amides is 1. The minimum absolute atomic E-state index is 0.245. The molecule has 3 nitrogen and oxygen atoms in total. The Bertz CT molecular complexity index is 549. The van der Waals surface area contributed by atoms with Crippen LogP contribution in [-0.2, 0) is 11.3 Å². The predicted molar refractivity (Wildman–Crippen MR) is 75.2 cm³/mol. The fourth-order valence-corrected chi connectivity index (χ4v) is 1.59. The molecule has 0 spiro atoms. The average molecular weight is 253 g/mol. The first-order valence-electron chi connectivity index (χ1n) is 5.98. The summed E-state index contributed by atoms with van der Waals surface area (Å²) < 4.78 is 5.11. The van der Waals surface area contributed by atoms with Gasteiger partial charge in [0, 0.05) is 5.70 Å². The molecule has 0 aliphatic heterocycles. The molecule has 2 aromatic carbocycles. The van der Waals surface area contributed by atoms with Crippen LogP contribution >= 0.6 is 0 Å². The van der Waals surface area contributed by atoms with E-state index in [2.05, 4.69) is 11.9 Å². The van der Waals surface area contributed by atoms with E-state index in [1.807, 2.05) is 60.7 Å². The molecule has 2 aromatic rings. The number of carbonyl (C=O) groups excluding carboxylic acids is 1. The van der Waals surface area contributed by atoms with E-state index < -0.39 is 6.09 Å². The van der Waals surface area contributed by atoms with Gasteiger partial charge < -0.3 is 4.74 Å². The van der Waals surface area contributed by atoms with E-state index in [9.17, 15) is 4.79 Å². The van der Waals surface area contributed by atoms with Crippen molar-refractivity contribution in [2.45, 2.75) is 6.61 Å². The Morgan fingerprint density at radius 1 is 1.00 bits per heavy atom. The molecule has 0 heterocycles. The minimum atomic E-state index is -0.502. The van der Waals surface area contributed by atoms with Crippen molar-refractivity contribution in [1.29, 1.82) is 0 Å². The summed E-state index contributed by atoms with van der Waals surface area (Å²) in [5, 5.41) is 2.61. The van der Waals surface area contributed by atoms with E-state index in [4.69, 9.17) is 4.74 Å². The smallest absolute Gasteiger partial charge is 0.411 e. The molecule has 0 atom stereocenters. The first-order chi connectivity index (χ1) is 9.25. The fraction of sp³-hybridized carbons (Fsp3) is 0.0625. The van der Waals surface area contributed by atoms with Crippen LogP contribution in [0.5, 0.6) is 0 Å². The number of nitrogens with one attached hydrogen (secondary N) is 1. The zero-order valence-corrected chi connectivity index (χ0v) is 10.5. The lowest BCUT2D eigenvalue weighted by Gasteiger charge is -2.09. The Balaban J connectivity index is 1.83. The van der Waals surface area contributed by atoms with E-state index in [-0.39, 0.29) is 6.61 Å². The molecule has 0 aliphatic rings. The lowest BCUT2D eigenvalue weighted by atomic mass is 10.2. The quantitative estimate of drug-likeness (QED) is 0.904. The van der Waals surface area contributed by atoms with E-state index >= 15 is 0 Å². The molecule has 0 saturated heterocycles. The number of hydrogen-bond acceptors (Lipinski definition) is 2. The van der Waals surface area contributed by atoms with Crippen molar-refractivity contribution in [3.8, 4) is 0 Å². The van der Waals surface area contributed by atoms with Gasteiger partial charge in [-0.15, -0.1) is 0 Å². The Hall–Kier alpha value is -2.55. The SMILES string of the molecule is C=C(NC(=O)OCc1ccccc1)c1ccccc1. The van der Waals surface area contributed by atoms with Gasteiger partial charge in [-0.2, -0.15) is 0 Å². The van der Waals surface area contributed by atoms with Crippen molar-refractivity contribution in [2.75, 3.05) is 0 Å². The van der Waals surface area contributed by atoms with Crippen LogP contribution in [0.4, 0.5) is 4.79 Å². The van der Waals surface area contributed by atoms with E-state index in [1.54, 1.807) is 0 Å². The second-order valence-electron chi connectivity index (χ2n) is 4.03. The molecule has 2 rings (SSSR count). The van der Waals surface area contributed by atoms with Gasteiger partial charge in [-0.3, -0.25) is 5.32 Å². The lowest BCUT2D eigenvalue weighted by Crippen LogP contribution is -2.22. The minimum Gasteiger partial charge on any atom is -0.444 e. The van der Waals surface area contributed by atoms with Crippen molar-refractivity contribution in [3.63, 3.8) is 0 Å². The van der Waals surface area contributed by atoms with Gasteiger partial charge in [0.15, 0.2) is 0 Å². The standard InChI is InChI=1S/C16H15NO2/c1-13(15-10-6-3-7-11-15)17-16(18)19-12-14-8-4-2-5-9-14/h2-11H,1,12H2,(H,17,18). The molecule has 96 valence electrons. The van der Waals surface area contributed by atoms with Gasteiger partial charge in [0.25, 0.3) is 0 Å². The summed E-state index contributed by atoms with van der Waals surface area (Å²) in [5.41, 5.74) is 2.33. The first-order valence-corrected chi connectivity index (χ1v) is 5.98. The first kappa shape index (κ1) is 12.9. The molecule has 1 N–H and O–H groups in total. The molecular formula is C16H15NO2. The van der Waals surface area contributed by atoms with Gasteiger partial charge in [-0.05, 0) is 11.1 Å². The fourth-order valence-electron chi connectivity index (χ4n) is 1.59. The normalized spacial score (nSPS) is 9.68. The Kier molecular flexibility index (Phi) is 4.34. The number of benzene rings is 2. The largest absolute Gasteiger partial charge is 0.444 e. The summed E-state index contributed by atoms with van der Waals surface area (Å²) in [6.07, 6.45) is -0.502. The Morgan fingerprint density at radius 2 is 1.58 bits per heavy atom. The summed E-state index contributed by atoms with van der Waals surface area (Å²) in [6.45, 7) is 4.05. The maximum Gasteiger partial charge on any atom is 0.411 e. The monoisotopic (exact) mass is 253 g/mol. The predicted octanol–water partition coefficient (Wildman–Crippen LogP) is 3.58. The van der Waals surface area contributed by atoms with Crippen molar-refractivity contribution >= 4 is 11.8 Å². The van der Waals surface area contributed by atoms with Crippen molar-refractivity contribution < 1.29 is 9.53 Å². The highest BCUT2D eigenvalue weighted by atomic mass is 16.5. The molecule has 1 amide bonds. The van der Waals surface area contributed by atoms with Gasteiger partial charge in [0.1, 0.15) is 6.61 Å². The van der Waals surface area contributed by atoms with Crippen LogP contribution in [0, 0.1) is 0 Å². The molecular weight excluding hydrogens is 238 g/mol. The number of hydrogen-bond donors (Lipinski definition) is 1. The molecule has 0 unspecified atom stereocenters. The van der Waals surface area contributed by atoms with Crippen LogP contribution in [0.15, 0.2) is 67.2 Å². The second kappa shape index (κ2) is 6.40. The van der Waals surface area contributed by atoms with Gasteiger partial charge in [0.2, 0.25) is 0 Å². The molecule has 0 bridgehead atoms. The van der Waals surface area contributed by atoms with Crippen molar-refractivity contribution in [1.82, 2.24) is 5.32 Å². The van der Waals surface area contributed by atoms with Crippen LogP contribution in [0.1, 0.15) is 11.1 Å². The topological polar surface area (TPSA) is 38.3 Å². The highest BCUT2D eigenvalue weighted by Gasteiger charge is 2.05. The Morgan fingerprint density at radius 3 is 2.21 bits per heavy atom. The third kappa shape index (κ3) is 4.00. The highest BCUT2D eigenvalue weighted by molar-refractivity contribution is 5.80. The van der Waals surface area contributed by atoms with E-state index in [0.29, 0.717) is 5.70 Å². The molecule has 0 fully saturated rings. The van der Waals surface area contributed by atoms with Crippen LogP contribution in [0.25, 0.3) is 5.70 Å². The van der Waals surface area contributed by atoms with Gasteiger partial charge in [0.05, 0.1) is 0 Å². The van der Waals surface area contributed by atoms with E-state index in [1.165, 1.54) is 0 Å². The molecule has 3 heteroatoms. The maximum absolute atomic E-state index is 11.6. The molecule has 0 radical (unpaired) electrons. The third-order valence-electron chi connectivity index (χ3n) is 2.59. The lowest BCUT2D eigenvalue weighted by molar-refractivity contribution is 0.144. The van der Waals surface area contributed by atoms with Gasteiger partial charge in [-0.1, -0.05) is 67.2 Å². The molecule has 19 heavy (non-hydrogen) atoms. The summed E-state index contributed by atoms with van der Waals surface area (Å²) in [5.74, 6) is 0. The summed E-state index contributed by atoms with van der Waals surface area (Å²) in [7, 11) is 0. The van der Waals surface area contributed by atoms with Crippen LogP contribution < -0.4 is 5.32 Å². The Labute approximate surface area is 112 Å². The highest BCUT2D eigenvalue weighted by Crippen LogP contribution is 2.08. The number of ether oxygens (including phenoxy) is 1. The van der Waals surface area contributed by atoms with E-state index in [0.717, 1.165) is 11.1 Å². The van der Waals surface area contributed by atoms with Crippen LogP contribution in [0.2, 0.25) is 0 Å². The number of carbonyl (C=O) groups is 1. The second-order valence-corrected chi connectivity index (χ2v) is 4.03.